The lowest BCUT2D eigenvalue weighted by molar-refractivity contribution is -0.133. The molecule has 0 saturated heterocycles. The summed E-state index contributed by atoms with van der Waals surface area (Å²) in [5.41, 5.74) is 1.93. The Morgan fingerprint density at radius 1 is 1.38 bits per heavy atom. The average Bonchev–Trinajstić information content (AvgIpc) is 3.11. The third kappa shape index (κ3) is 2.82. The highest BCUT2D eigenvalue weighted by atomic mass is 32.2. The van der Waals surface area contributed by atoms with Crippen LogP contribution in [-0.4, -0.2) is 26.4 Å². The molecule has 0 amide bonds. The second-order valence-electron chi connectivity index (χ2n) is 4.63. The SMILES string of the molecule is CC(c1cccs1)n1c(SCC(=O)O)nc2ccccc21. The van der Waals surface area contributed by atoms with E-state index < -0.39 is 5.97 Å². The van der Waals surface area contributed by atoms with Crippen LogP contribution in [0, 0.1) is 0 Å². The van der Waals surface area contributed by atoms with E-state index in [1.807, 2.05) is 30.3 Å². The molecule has 0 bridgehead atoms. The lowest BCUT2D eigenvalue weighted by atomic mass is 10.2. The standard InChI is InChI=1S/C15H14N2O2S2/c1-10(13-7-4-8-20-13)17-12-6-3-2-5-11(12)16-15(17)21-9-14(18)19/h2-8,10H,9H2,1H3,(H,18,19). The lowest BCUT2D eigenvalue weighted by Crippen LogP contribution is -2.08. The van der Waals surface area contributed by atoms with Gasteiger partial charge in [-0.1, -0.05) is 30.0 Å². The number of fused-ring (bicyclic) bond motifs is 1. The number of imidazole rings is 1. The van der Waals surface area contributed by atoms with Crippen LogP contribution in [0.15, 0.2) is 46.9 Å². The number of thioether (sulfide) groups is 1. The number of carboxylic acids is 1. The van der Waals surface area contributed by atoms with E-state index >= 15 is 0 Å². The molecular weight excluding hydrogens is 304 g/mol. The van der Waals surface area contributed by atoms with Crippen molar-refractivity contribution in [3.63, 3.8) is 0 Å². The minimum Gasteiger partial charge on any atom is -0.481 e. The van der Waals surface area contributed by atoms with Crippen LogP contribution in [0.4, 0.5) is 0 Å². The van der Waals surface area contributed by atoms with Crippen LogP contribution in [0.1, 0.15) is 17.8 Å². The fourth-order valence-corrected chi connectivity index (χ4v) is 3.87. The van der Waals surface area contributed by atoms with Crippen LogP contribution in [0.2, 0.25) is 0 Å². The van der Waals surface area contributed by atoms with Crippen molar-refractivity contribution in [3.05, 3.63) is 46.7 Å². The van der Waals surface area contributed by atoms with E-state index in [4.69, 9.17) is 5.11 Å². The molecule has 4 nitrogen and oxygen atoms in total. The highest BCUT2D eigenvalue weighted by Crippen LogP contribution is 2.32. The van der Waals surface area contributed by atoms with Gasteiger partial charge in [0.15, 0.2) is 5.16 Å². The minimum atomic E-state index is -0.831. The van der Waals surface area contributed by atoms with E-state index in [-0.39, 0.29) is 11.8 Å². The van der Waals surface area contributed by atoms with Gasteiger partial charge in [0, 0.05) is 4.88 Å². The molecule has 1 N–H and O–H groups in total. The maximum Gasteiger partial charge on any atom is 0.313 e. The molecular formula is C15H14N2O2S2. The zero-order valence-corrected chi connectivity index (χ0v) is 13.0. The van der Waals surface area contributed by atoms with Gasteiger partial charge in [0.05, 0.1) is 22.8 Å². The summed E-state index contributed by atoms with van der Waals surface area (Å²) in [6.07, 6.45) is 0. The number of para-hydroxylation sites is 2. The summed E-state index contributed by atoms with van der Waals surface area (Å²) < 4.78 is 2.12. The number of nitrogens with zero attached hydrogens (tertiary/aromatic N) is 2. The van der Waals surface area contributed by atoms with Gasteiger partial charge < -0.3 is 9.67 Å². The van der Waals surface area contributed by atoms with Gasteiger partial charge in [0.25, 0.3) is 0 Å². The highest BCUT2D eigenvalue weighted by molar-refractivity contribution is 7.99. The van der Waals surface area contributed by atoms with Crippen molar-refractivity contribution in [1.82, 2.24) is 9.55 Å². The molecule has 6 heteroatoms. The Hall–Kier alpha value is -1.79. The number of hydrogen-bond donors (Lipinski definition) is 1. The van der Waals surface area contributed by atoms with E-state index in [2.05, 4.69) is 27.9 Å². The fourth-order valence-electron chi connectivity index (χ4n) is 2.28. The number of rotatable bonds is 5. The monoisotopic (exact) mass is 318 g/mol. The number of benzene rings is 1. The smallest absolute Gasteiger partial charge is 0.313 e. The molecule has 1 aromatic carbocycles. The Morgan fingerprint density at radius 3 is 2.90 bits per heavy atom. The topological polar surface area (TPSA) is 55.1 Å². The summed E-state index contributed by atoms with van der Waals surface area (Å²) in [6, 6.07) is 12.2. The van der Waals surface area contributed by atoms with Crippen LogP contribution in [0.3, 0.4) is 0 Å². The highest BCUT2D eigenvalue weighted by Gasteiger charge is 2.18. The van der Waals surface area contributed by atoms with Crippen LogP contribution in [0.5, 0.6) is 0 Å². The average molecular weight is 318 g/mol. The molecule has 0 radical (unpaired) electrons. The Labute approximate surface area is 130 Å². The van der Waals surface area contributed by atoms with Crippen molar-refractivity contribution in [2.45, 2.75) is 18.1 Å². The summed E-state index contributed by atoms with van der Waals surface area (Å²) in [4.78, 5) is 16.7. The van der Waals surface area contributed by atoms with E-state index in [0.717, 1.165) is 16.2 Å². The predicted octanol–water partition coefficient (Wildman–Crippen LogP) is 3.88. The quantitative estimate of drug-likeness (QED) is 0.725. The van der Waals surface area contributed by atoms with Crippen molar-refractivity contribution in [1.29, 1.82) is 0 Å². The summed E-state index contributed by atoms with van der Waals surface area (Å²) in [6.45, 7) is 2.12. The van der Waals surface area contributed by atoms with Crippen LogP contribution < -0.4 is 0 Å². The molecule has 2 heterocycles. The second kappa shape index (κ2) is 5.91. The van der Waals surface area contributed by atoms with Crippen LogP contribution in [0.25, 0.3) is 11.0 Å². The zero-order chi connectivity index (χ0) is 14.8. The first-order valence-electron chi connectivity index (χ1n) is 6.52. The zero-order valence-electron chi connectivity index (χ0n) is 11.4. The van der Waals surface area contributed by atoms with E-state index in [9.17, 15) is 4.79 Å². The predicted molar refractivity (Wildman–Crippen MR) is 86.2 cm³/mol. The van der Waals surface area contributed by atoms with Gasteiger partial charge in [0.2, 0.25) is 0 Å². The lowest BCUT2D eigenvalue weighted by Gasteiger charge is -2.15. The third-order valence-electron chi connectivity index (χ3n) is 3.23. The summed E-state index contributed by atoms with van der Waals surface area (Å²) in [7, 11) is 0. The molecule has 1 atom stereocenters. The number of carboxylic acid groups (broad SMARTS) is 1. The minimum absolute atomic E-state index is 0.0144. The van der Waals surface area contributed by atoms with Gasteiger partial charge in [-0.2, -0.15) is 0 Å². The molecule has 108 valence electrons. The summed E-state index contributed by atoms with van der Waals surface area (Å²) in [5, 5.41) is 11.7. The summed E-state index contributed by atoms with van der Waals surface area (Å²) >= 11 is 2.96. The first kappa shape index (κ1) is 14.2. The first-order chi connectivity index (χ1) is 10.2. The molecule has 0 aliphatic rings. The Kier molecular flexibility index (Phi) is 3.98. The van der Waals surface area contributed by atoms with Crippen molar-refractivity contribution in [2.24, 2.45) is 0 Å². The Morgan fingerprint density at radius 2 is 2.19 bits per heavy atom. The van der Waals surface area contributed by atoms with Gasteiger partial charge >= 0.3 is 5.97 Å². The van der Waals surface area contributed by atoms with Crippen molar-refractivity contribution >= 4 is 40.1 Å². The van der Waals surface area contributed by atoms with Gasteiger partial charge in [-0.3, -0.25) is 4.79 Å². The van der Waals surface area contributed by atoms with Crippen LogP contribution >= 0.6 is 23.1 Å². The molecule has 21 heavy (non-hydrogen) atoms. The number of hydrogen-bond acceptors (Lipinski definition) is 4. The molecule has 3 rings (SSSR count). The molecule has 1 unspecified atom stereocenters. The van der Waals surface area contributed by atoms with Crippen LogP contribution in [-0.2, 0) is 4.79 Å². The molecule has 0 spiro atoms. The van der Waals surface area contributed by atoms with Gasteiger partial charge in [-0.05, 0) is 30.5 Å². The molecule has 0 saturated carbocycles. The van der Waals surface area contributed by atoms with Crippen molar-refractivity contribution in [2.75, 3.05) is 5.75 Å². The fraction of sp³-hybridized carbons (Fsp3) is 0.200. The number of thiophene rings is 1. The molecule has 2 aromatic heterocycles. The number of aromatic nitrogens is 2. The second-order valence-corrected chi connectivity index (χ2v) is 6.55. The maximum absolute atomic E-state index is 10.8. The number of aliphatic carboxylic acids is 1. The Bertz CT molecular complexity index is 765. The van der Waals surface area contributed by atoms with Crippen molar-refractivity contribution < 1.29 is 9.90 Å². The van der Waals surface area contributed by atoms with E-state index in [0.29, 0.717) is 0 Å². The first-order valence-corrected chi connectivity index (χ1v) is 8.38. The van der Waals surface area contributed by atoms with Gasteiger partial charge in [0.1, 0.15) is 0 Å². The molecule has 3 aromatic rings. The van der Waals surface area contributed by atoms with Gasteiger partial charge in [-0.25, -0.2) is 4.98 Å². The molecule has 0 aliphatic carbocycles. The summed E-state index contributed by atoms with van der Waals surface area (Å²) in [5.74, 6) is -0.817. The van der Waals surface area contributed by atoms with Crippen molar-refractivity contribution in [3.8, 4) is 0 Å². The van der Waals surface area contributed by atoms with E-state index in [1.165, 1.54) is 16.6 Å². The molecule has 0 aliphatic heterocycles. The normalized spacial score (nSPS) is 12.6. The largest absolute Gasteiger partial charge is 0.481 e. The number of carbonyl (C=O) groups is 1. The Balaban J connectivity index is 2.08. The molecule has 0 fully saturated rings. The van der Waals surface area contributed by atoms with E-state index in [1.54, 1.807) is 11.3 Å². The maximum atomic E-state index is 10.8. The van der Waals surface area contributed by atoms with Gasteiger partial charge in [-0.15, -0.1) is 11.3 Å². The third-order valence-corrected chi connectivity index (χ3v) is 5.21.